The van der Waals surface area contributed by atoms with Crippen molar-refractivity contribution in [2.24, 2.45) is 0 Å². The Hall–Kier alpha value is -1.31. The number of aromatic nitrogens is 3. The fourth-order valence-corrected chi connectivity index (χ4v) is 5.87. The molecule has 186 valence electrons. The molecule has 2 aromatic heterocycles. The highest BCUT2D eigenvalue weighted by Crippen LogP contribution is 2.45. The third-order valence-electron chi connectivity index (χ3n) is 7.79. The summed E-state index contributed by atoms with van der Waals surface area (Å²) in [6, 6.07) is 3.59. The average molecular weight is 495 g/mol. The van der Waals surface area contributed by atoms with Crippen molar-refractivity contribution in [2.75, 3.05) is 12.3 Å². The summed E-state index contributed by atoms with van der Waals surface area (Å²) in [5, 5.41) is 16.1. The van der Waals surface area contributed by atoms with Crippen LogP contribution in [-0.2, 0) is 19.4 Å². The number of nitrogens with zero attached hydrogens (tertiary/aromatic N) is 3. The number of hydrogen-bond donors (Lipinski definition) is 2. The Morgan fingerprint density at radius 2 is 1.73 bits per heavy atom. The molecule has 0 aliphatic carbocycles. The summed E-state index contributed by atoms with van der Waals surface area (Å²) in [6.07, 6.45) is 0.973. The quantitative estimate of drug-likeness (QED) is 0.563. The maximum absolute atomic E-state index is 11.7. The van der Waals surface area contributed by atoms with Gasteiger partial charge in [-0.15, -0.1) is 0 Å². The molecule has 0 bridgehead atoms. The highest BCUT2D eigenvalue weighted by Gasteiger charge is 2.52. The van der Waals surface area contributed by atoms with Crippen LogP contribution >= 0.6 is 0 Å². The summed E-state index contributed by atoms with van der Waals surface area (Å²) < 4.78 is 21.2. The smallest absolute Gasteiger partial charge is 0.212 e. The minimum absolute atomic E-state index is 0.0297. The first-order chi connectivity index (χ1) is 14.9. The first kappa shape index (κ1) is 26.3. The van der Waals surface area contributed by atoms with Crippen molar-refractivity contribution in [3.8, 4) is 0 Å². The van der Waals surface area contributed by atoms with E-state index >= 15 is 0 Å². The van der Waals surface area contributed by atoms with Crippen LogP contribution < -0.4 is 5.73 Å². The van der Waals surface area contributed by atoms with Crippen LogP contribution in [0.3, 0.4) is 0 Å². The third kappa shape index (κ3) is 5.06. The zero-order chi connectivity index (χ0) is 25.0. The van der Waals surface area contributed by atoms with Gasteiger partial charge in [0.15, 0.2) is 22.5 Å². The molecule has 10 heteroatoms. The number of nitrogen functional groups attached to an aromatic ring is 1. The number of hydrogen-bond acceptors (Lipinski definition) is 7. The molecule has 8 nitrogen and oxygen atoms in total. The van der Waals surface area contributed by atoms with Crippen molar-refractivity contribution >= 4 is 28.0 Å². The summed E-state index contributed by atoms with van der Waals surface area (Å²) >= 11 is 0. The van der Waals surface area contributed by atoms with Crippen molar-refractivity contribution in [1.82, 2.24) is 14.6 Å². The van der Waals surface area contributed by atoms with Gasteiger partial charge in [-0.1, -0.05) is 41.5 Å². The van der Waals surface area contributed by atoms with E-state index < -0.39 is 28.5 Å². The van der Waals surface area contributed by atoms with Gasteiger partial charge in [-0.2, -0.15) is 5.10 Å². The lowest BCUT2D eigenvalue weighted by atomic mass is 10.1. The predicted octanol–water partition coefficient (Wildman–Crippen LogP) is 4.66. The van der Waals surface area contributed by atoms with Gasteiger partial charge < -0.3 is 24.4 Å². The summed E-state index contributed by atoms with van der Waals surface area (Å²) in [6.45, 7) is 22.5. The van der Waals surface area contributed by atoms with Crippen LogP contribution in [0, 0.1) is 0 Å². The topological polar surface area (TPSA) is 104 Å². The van der Waals surface area contributed by atoms with Gasteiger partial charge in [0, 0.05) is 6.42 Å². The van der Waals surface area contributed by atoms with E-state index in [9.17, 15) is 5.11 Å². The number of aliphatic hydroxyl groups is 1. The van der Waals surface area contributed by atoms with Crippen molar-refractivity contribution in [2.45, 2.75) is 102 Å². The maximum atomic E-state index is 11.7. The molecule has 0 radical (unpaired) electrons. The highest BCUT2D eigenvalue weighted by molar-refractivity contribution is 6.74. The largest absolute Gasteiger partial charge is 0.414 e. The molecule has 0 spiro atoms. The Labute approximate surface area is 200 Å². The molecule has 2 aromatic rings. The van der Waals surface area contributed by atoms with Gasteiger partial charge in [0.1, 0.15) is 23.6 Å². The number of anilines is 1. The molecule has 2 unspecified atom stereocenters. The zero-order valence-electron chi connectivity index (χ0n) is 21.9. The molecule has 3 heterocycles. The maximum Gasteiger partial charge on any atom is 0.212 e. The van der Waals surface area contributed by atoms with Crippen molar-refractivity contribution < 1.29 is 18.7 Å². The molecule has 3 atom stereocenters. The molecule has 0 amide bonds. The molecular formula is C23H42N4O4Si2. The van der Waals surface area contributed by atoms with Crippen LogP contribution in [0.1, 0.15) is 53.7 Å². The minimum Gasteiger partial charge on any atom is -0.414 e. The van der Waals surface area contributed by atoms with E-state index in [1.165, 1.54) is 6.33 Å². The van der Waals surface area contributed by atoms with E-state index in [4.69, 9.17) is 19.3 Å². The Balaban J connectivity index is 1.94. The van der Waals surface area contributed by atoms with Gasteiger partial charge in [-0.25, -0.2) is 9.50 Å². The van der Waals surface area contributed by atoms with Crippen molar-refractivity contribution in [3.63, 3.8) is 0 Å². The van der Waals surface area contributed by atoms with Crippen LogP contribution in [0.4, 0.5) is 5.82 Å². The lowest BCUT2D eigenvalue weighted by Gasteiger charge is -2.40. The predicted molar refractivity (Wildman–Crippen MR) is 136 cm³/mol. The van der Waals surface area contributed by atoms with Gasteiger partial charge >= 0.3 is 0 Å². The second-order valence-electron chi connectivity index (χ2n) is 12.3. The normalized spacial score (nSPS) is 25.2. The SMILES string of the molecule is CC(C)(C)[Si](C)(C)OC[C@H]1OC(O)(c2ccc3c(N)ncnn23)CC1O[Si](C)(C)C(C)(C)C. The first-order valence-corrected chi connectivity index (χ1v) is 17.5. The summed E-state index contributed by atoms with van der Waals surface area (Å²) in [4.78, 5) is 4.04. The number of rotatable bonds is 6. The molecule has 1 saturated heterocycles. The Morgan fingerprint density at radius 1 is 1.12 bits per heavy atom. The lowest BCUT2D eigenvalue weighted by Crippen LogP contribution is -2.48. The van der Waals surface area contributed by atoms with Crippen molar-refractivity contribution in [3.05, 3.63) is 24.2 Å². The van der Waals surface area contributed by atoms with E-state index in [1.54, 1.807) is 16.6 Å². The molecule has 1 fully saturated rings. The lowest BCUT2D eigenvalue weighted by molar-refractivity contribution is -0.209. The van der Waals surface area contributed by atoms with E-state index in [2.05, 4.69) is 77.8 Å². The second kappa shape index (κ2) is 8.42. The monoisotopic (exact) mass is 494 g/mol. The summed E-state index contributed by atoms with van der Waals surface area (Å²) in [5.74, 6) is -1.22. The van der Waals surface area contributed by atoms with E-state index in [-0.39, 0.29) is 16.2 Å². The van der Waals surface area contributed by atoms with Gasteiger partial charge in [0.25, 0.3) is 0 Å². The third-order valence-corrected chi connectivity index (χ3v) is 16.8. The zero-order valence-corrected chi connectivity index (χ0v) is 23.9. The molecule has 33 heavy (non-hydrogen) atoms. The number of ether oxygens (including phenoxy) is 1. The second-order valence-corrected chi connectivity index (χ2v) is 21.9. The van der Waals surface area contributed by atoms with Crippen LogP contribution in [0.5, 0.6) is 0 Å². The molecule has 1 aliphatic heterocycles. The molecule has 1 aliphatic rings. The van der Waals surface area contributed by atoms with E-state index in [0.717, 1.165) is 0 Å². The number of fused-ring (bicyclic) bond motifs is 1. The summed E-state index contributed by atoms with van der Waals surface area (Å²) in [5.41, 5.74) is 7.15. The van der Waals surface area contributed by atoms with Crippen LogP contribution in [-0.4, -0.2) is 55.2 Å². The Morgan fingerprint density at radius 3 is 2.30 bits per heavy atom. The minimum atomic E-state index is -2.12. The van der Waals surface area contributed by atoms with Gasteiger partial charge in [0.05, 0.1) is 12.7 Å². The first-order valence-electron chi connectivity index (χ1n) is 11.7. The molecule has 3 N–H and O–H groups in total. The van der Waals surface area contributed by atoms with Gasteiger partial charge in [-0.05, 0) is 48.4 Å². The average Bonchev–Trinajstić information content (AvgIpc) is 3.21. The van der Waals surface area contributed by atoms with E-state index in [0.29, 0.717) is 30.1 Å². The van der Waals surface area contributed by atoms with Crippen LogP contribution in [0.2, 0.25) is 36.3 Å². The van der Waals surface area contributed by atoms with Gasteiger partial charge in [-0.3, -0.25) is 0 Å². The number of nitrogens with two attached hydrogens (primary N) is 1. The molecular weight excluding hydrogens is 452 g/mol. The fourth-order valence-electron chi connectivity index (χ4n) is 3.51. The standard InChI is InChI=1S/C23H42N4O4Si2/c1-21(2,3)32(7,8)29-14-18-17(31-33(9,10)22(4,5)6)13-23(28,30-18)19-12-11-16-20(24)25-15-26-27(16)19/h11-12,15,17-18,28H,13-14H2,1-10H3,(H2,24,25,26)/t17?,18-,23?/m1/s1. The molecule has 0 aromatic carbocycles. The fraction of sp³-hybridized carbons (Fsp3) is 0.739. The Bertz CT molecular complexity index is 996. The van der Waals surface area contributed by atoms with Gasteiger partial charge in [0.2, 0.25) is 5.79 Å². The Kier molecular flexibility index (Phi) is 6.71. The van der Waals surface area contributed by atoms with E-state index in [1.807, 2.05) is 0 Å². The molecule has 0 saturated carbocycles. The van der Waals surface area contributed by atoms with Crippen LogP contribution in [0.25, 0.3) is 5.52 Å². The molecule has 3 rings (SSSR count). The van der Waals surface area contributed by atoms with Crippen LogP contribution in [0.15, 0.2) is 18.5 Å². The highest BCUT2D eigenvalue weighted by atomic mass is 28.4. The summed E-state index contributed by atoms with van der Waals surface area (Å²) in [7, 11) is -4.13. The van der Waals surface area contributed by atoms with Crippen molar-refractivity contribution in [1.29, 1.82) is 0 Å².